The van der Waals surface area contributed by atoms with Gasteiger partial charge >= 0.3 is 18.0 Å². The summed E-state index contributed by atoms with van der Waals surface area (Å²) in [6, 6.07) is 6.96. The van der Waals surface area contributed by atoms with Crippen molar-refractivity contribution in [1.29, 1.82) is 0 Å². The summed E-state index contributed by atoms with van der Waals surface area (Å²) in [6.45, 7) is 0. The molecule has 0 unspecified atom stereocenters. The summed E-state index contributed by atoms with van der Waals surface area (Å²) in [5.74, 6) is -2.52. The summed E-state index contributed by atoms with van der Waals surface area (Å²) < 4.78 is 4.83. The van der Waals surface area contributed by atoms with Crippen LogP contribution in [0.1, 0.15) is 20.9 Å². The number of hydrogen-bond donors (Lipinski definition) is 1. The van der Waals surface area contributed by atoms with Crippen LogP contribution in [-0.2, 0) is 0 Å². The molecular formula is C14H11N4O5. The predicted octanol–water partition coefficient (Wildman–Crippen LogP) is 1.26. The molecule has 2 aromatic rings. The number of carbonyl (C=O) groups excluding carboxylic acids is 4. The van der Waals surface area contributed by atoms with Gasteiger partial charge in [0.15, 0.2) is 5.76 Å². The SMILES string of the molecule is [NH]C(=O)N(C(=O)c1ccccc1)N(C(N)=O)C(=O)c1ccco1. The fourth-order valence-electron chi connectivity index (χ4n) is 1.77. The van der Waals surface area contributed by atoms with Gasteiger partial charge in [0.1, 0.15) is 0 Å². The van der Waals surface area contributed by atoms with Crippen molar-refractivity contribution in [2.75, 3.05) is 0 Å². The van der Waals surface area contributed by atoms with Crippen LogP contribution in [0.2, 0.25) is 0 Å². The summed E-state index contributed by atoms with van der Waals surface area (Å²) in [5, 5.41) is 0.103. The van der Waals surface area contributed by atoms with E-state index in [4.69, 9.17) is 15.9 Å². The van der Waals surface area contributed by atoms with Crippen LogP contribution < -0.4 is 11.5 Å². The smallest absolute Gasteiger partial charge is 0.363 e. The first-order chi connectivity index (χ1) is 10.9. The van der Waals surface area contributed by atoms with Gasteiger partial charge in [0, 0.05) is 5.56 Å². The lowest BCUT2D eigenvalue weighted by Crippen LogP contribution is -2.57. The number of benzene rings is 1. The third kappa shape index (κ3) is 3.18. The van der Waals surface area contributed by atoms with E-state index < -0.39 is 23.9 Å². The zero-order chi connectivity index (χ0) is 17.0. The molecule has 1 radical (unpaired) electrons. The molecule has 0 aliphatic heterocycles. The highest BCUT2D eigenvalue weighted by Gasteiger charge is 2.37. The first-order valence-corrected chi connectivity index (χ1v) is 6.26. The van der Waals surface area contributed by atoms with E-state index in [9.17, 15) is 19.2 Å². The standard InChI is InChI=1S/C14H11N4O5/c15-13(21)17(11(19)9-5-2-1-3-6-9)18(14(16)22)12(20)10-7-4-8-23-10/h1-8,15H,(H2,16,22). The predicted molar refractivity (Wildman–Crippen MR) is 75.6 cm³/mol. The Morgan fingerprint density at radius 2 is 1.57 bits per heavy atom. The number of rotatable bonds is 2. The van der Waals surface area contributed by atoms with Crippen LogP contribution in [0.25, 0.3) is 0 Å². The average molecular weight is 315 g/mol. The Hall–Kier alpha value is -3.62. The lowest BCUT2D eigenvalue weighted by molar-refractivity contribution is 0.0279. The lowest BCUT2D eigenvalue weighted by atomic mass is 10.2. The normalized spacial score (nSPS) is 9.91. The summed E-state index contributed by atoms with van der Waals surface area (Å²) in [4.78, 5) is 47.7. The van der Waals surface area contributed by atoms with Crippen molar-refractivity contribution < 1.29 is 23.6 Å². The van der Waals surface area contributed by atoms with Crippen LogP contribution >= 0.6 is 0 Å². The molecule has 0 fully saturated rings. The summed E-state index contributed by atoms with van der Waals surface area (Å²) in [7, 11) is 0. The Labute approximate surface area is 130 Å². The summed E-state index contributed by atoms with van der Waals surface area (Å²) in [5.41, 5.74) is 12.3. The molecule has 0 saturated heterocycles. The minimum Gasteiger partial charge on any atom is -0.459 e. The highest BCUT2D eigenvalue weighted by atomic mass is 16.3. The van der Waals surface area contributed by atoms with Crippen molar-refractivity contribution in [3.8, 4) is 0 Å². The first-order valence-electron chi connectivity index (χ1n) is 6.26. The van der Waals surface area contributed by atoms with E-state index >= 15 is 0 Å². The molecule has 0 aliphatic carbocycles. The largest absolute Gasteiger partial charge is 0.459 e. The van der Waals surface area contributed by atoms with Crippen LogP contribution in [0, 0.1) is 0 Å². The molecule has 117 valence electrons. The molecule has 0 spiro atoms. The van der Waals surface area contributed by atoms with Gasteiger partial charge in [0.2, 0.25) is 0 Å². The quantitative estimate of drug-likeness (QED) is 0.831. The zero-order valence-electron chi connectivity index (χ0n) is 11.6. The number of hydrazine groups is 1. The van der Waals surface area contributed by atoms with Crippen molar-refractivity contribution in [2.24, 2.45) is 5.73 Å². The molecule has 23 heavy (non-hydrogen) atoms. The van der Waals surface area contributed by atoms with Gasteiger partial charge in [-0.15, -0.1) is 0 Å². The van der Waals surface area contributed by atoms with Gasteiger partial charge in [0.25, 0.3) is 5.91 Å². The van der Waals surface area contributed by atoms with Gasteiger partial charge in [-0.25, -0.2) is 15.3 Å². The van der Waals surface area contributed by atoms with Crippen LogP contribution in [0.5, 0.6) is 0 Å². The van der Waals surface area contributed by atoms with Crippen LogP contribution in [-0.4, -0.2) is 33.9 Å². The Morgan fingerprint density at radius 3 is 2.04 bits per heavy atom. The number of furan rings is 1. The maximum absolute atomic E-state index is 12.4. The molecule has 1 heterocycles. The second kappa shape index (κ2) is 6.43. The maximum Gasteiger partial charge on any atom is 0.363 e. The van der Waals surface area contributed by atoms with Crippen LogP contribution in [0.3, 0.4) is 0 Å². The van der Waals surface area contributed by atoms with Crippen LogP contribution in [0.15, 0.2) is 53.1 Å². The highest BCUT2D eigenvalue weighted by molar-refractivity contribution is 6.10. The first kappa shape index (κ1) is 15.8. The molecule has 1 aromatic carbocycles. The molecule has 0 saturated carbocycles. The van der Waals surface area contributed by atoms with Gasteiger partial charge in [-0.1, -0.05) is 18.2 Å². The molecule has 0 atom stereocenters. The Kier molecular flexibility index (Phi) is 4.41. The second-order valence-corrected chi connectivity index (χ2v) is 4.22. The molecule has 0 aliphatic rings. The number of nitrogens with one attached hydrogen (secondary N) is 1. The molecule has 6 amide bonds. The van der Waals surface area contributed by atoms with Crippen molar-refractivity contribution >= 4 is 23.9 Å². The van der Waals surface area contributed by atoms with Gasteiger partial charge in [-0.05, 0) is 24.3 Å². The monoisotopic (exact) mass is 315 g/mol. The molecule has 1 aromatic heterocycles. The summed E-state index contributed by atoms with van der Waals surface area (Å²) in [6.07, 6.45) is 1.16. The van der Waals surface area contributed by atoms with E-state index in [0.29, 0.717) is 0 Å². The van der Waals surface area contributed by atoms with Crippen molar-refractivity contribution in [3.63, 3.8) is 0 Å². The van der Waals surface area contributed by atoms with Crippen LogP contribution in [0.4, 0.5) is 9.59 Å². The highest BCUT2D eigenvalue weighted by Crippen LogP contribution is 2.13. The number of nitrogens with zero attached hydrogens (tertiary/aromatic N) is 2. The second-order valence-electron chi connectivity index (χ2n) is 4.22. The van der Waals surface area contributed by atoms with E-state index in [-0.39, 0.29) is 21.3 Å². The Morgan fingerprint density at radius 1 is 0.913 bits per heavy atom. The number of carbonyl (C=O) groups is 4. The number of urea groups is 2. The fourth-order valence-corrected chi connectivity index (χ4v) is 1.77. The van der Waals surface area contributed by atoms with Gasteiger partial charge in [0.05, 0.1) is 6.26 Å². The van der Waals surface area contributed by atoms with Crippen molar-refractivity contribution in [2.45, 2.75) is 0 Å². The third-order valence-corrected chi connectivity index (χ3v) is 2.74. The van der Waals surface area contributed by atoms with Gasteiger partial charge in [-0.3, -0.25) is 9.59 Å². The number of imide groups is 2. The maximum atomic E-state index is 12.4. The molecular weight excluding hydrogens is 304 g/mol. The average Bonchev–Trinajstić information content (AvgIpc) is 3.05. The fraction of sp³-hybridized carbons (Fsp3) is 0. The van der Waals surface area contributed by atoms with Gasteiger partial charge in [-0.2, -0.15) is 10.0 Å². The molecule has 9 nitrogen and oxygen atoms in total. The van der Waals surface area contributed by atoms with E-state index in [1.54, 1.807) is 6.07 Å². The molecule has 3 N–H and O–H groups in total. The number of primary amides is 1. The van der Waals surface area contributed by atoms with E-state index in [1.807, 2.05) is 0 Å². The molecule has 2 rings (SSSR count). The lowest BCUT2D eigenvalue weighted by Gasteiger charge is -2.27. The van der Waals surface area contributed by atoms with E-state index in [0.717, 1.165) is 6.26 Å². The number of amides is 6. The van der Waals surface area contributed by atoms with Crippen molar-refractivity contribution in [1.82, 2.24) is 15.8 Å². The minimum atomic E-state index is -1.60. The van der Waals surface area contributed by atoms with Gasteiger partial charge < -0.3 is 10.2 Å². The number of nitrogens with two attached hydrogens (primary N) is 1. The topological polar surface area (TPSA) is 138 Å². The summed E-state index contributed by atoms with van der Waals surface area (Å²) >= 11 is 0. The third-order valence-electron chi connectivity index (χ3n) is 2.74. The van der Waals surface area contributed by atoms with Crippen molar-refractivity contribution in [3.05, 3.63) is 60.1 Å². The van der Waals surface area contributed by atoms with E-state index in [2.05, 4.69) is 0 Å². The molecule has 0 bridgehead atoms. The molecule has 9 heteroatoms. The number of hydrogen-bond acceptors (Lipinski definition) is 5. The zero-order valence-corrected chi connectivity index (χ0v) is 11.6. The Balaban J connectivity index is 2.44. The van der Waals surface area contributed by atoms with E-state index in [1.165, 1.54) is 36.4 Å². The Bertz CT molecular complexity index is 742. The minimum absolute atomic E-state index is 0.00778.